The number of benzene rings is 1. The number of aromatic nitrogens is 4. The molecule has 2 aromatic heterocycles. The molecule has 2 aliphatic rings. The van der Waals surface area contributed by atoms with Gasteiger partial charge in [-0.25, -0.2) is 9.97 Å². The Morgan fingerprint density at radius 2 is 2.07 bits per heavy atom. The van der Waals surface area contributed by atoms with E-state index in [0.717, 1.165) is 41.8 Å². The zero-order valence-corrected chi connectivity index (χ0v) is 18.5. The van der Waals surface area contributed by atoms with Crippen molar-refractivity contribution in [3.63, 3.8) is 0 Å². The van der Waals surface area contributed by atoms with E-state index in [1.54, 1.807) is 0 Å². The van der Waals surface area contributed by atoms with Crippen LogP contribution in [0.2, 0.25) is 5.02 Å². The van der Waals surface area contributed by atoms with Gasteiger partial charge in [-0.2, -0.15) is 5.10 Å². The molecule has 1 saturated carbocycles. The second kappa shape index (κ2) is 7.20. The molecule has 0 bridgehead atoms. The van der Waals surface area contributed by atoms with Gasteiger partial charge in [0.1, 0.15) is 5.82 Å². The number of hydrogen-bond acceptors (Lipinski definition) is 5. The lowest BCUT2D eigenvalue weighted by atomic mass is 9.88. The Balaban J connectivity index is 1.44. The normalized spacial score (nSPS) is 24.6. The standard InChI is InChI=1S/C23H28ClN5O/c1-14-11-23(3,30)6-7-28(14)21-10-20-17(8-19(21)24)12-25-22(27-20)9-16-13-26-29(15(16)2)18-4-5-18/h8,10,12-14,18,30H,4-7,9,11H2,1-3H3. The summed E-state index contributed by atoms with van der Waals surface area (Å²) in [5, 5.41) is 16.6. The molecule has 30 heavy (non-hydrogen) atoms. The van der Waals surface area contributed by atoms with Crippen molar-refractivity contribution in [2.45, 2.75) is 70.6 Å². The molecule has 0 amide bonds. The first-order valence-corrected chi connectivity index (χ1v) is 11.2. The van der Waals surface area contributed by atoms with Crippen LogP contribution in [0.4, 0.5) is 5.69 Å². The molecule has 2 unspecified atom stereocenters. The molecule has 2 fully saturated rings. The predicted molar refractivity (Wildman–Crippen MR) is 119 cm³/mol. The lowest BCUT2D eigenvalue weighted by Gasteiger charge is -2.42. The number of piperidine rings is 1. The highest BCUT2D eigenvalue weighted by molar-refractivity contribution is 6.34. The molecule has 0 radical (unpaired) electrons. The van der Waals surface area contributed by atoms with Crippen LogP contribution in [0.3, 0.4) is 0 Å². The zero-order chi connectivity index (χ0) is 21.0. The van der Waals surface area contributed by atoms with Crippen LogP contribution in [0.15, 0.2) is 24.5 Å². The zero-order valence-electron chi connectivity index (χ0n) is 17.8. The fraction of sp³-hybridized carbons (Fsp3) is 0.522. The minimum absolute atomic E-state index is 0.209. The molecule has 0 spiro atoms. The number of hydrogen-bond donors (Lipinski definition) is 1. The SMILES string of the molecule is Cc1c(Cc2ncc3cc(Cl)c(N4CCC(C)(O)CC4C)cc3n2)cnn1C1CC1. The fourth-order valence-corrected chi connectivity index (χ4v) is 4.94. The molecule has 1 aliphatic carbocycles. The average molecular weight is 426 g/mol. The quantitative estimate of drug-likeness (QED) is 0.668. The molecule has 1 N–H and O–H groups in total. The van der Waals surface area contributed by atoms with Gasteiger partial charge in [-0.1, -0.05) is 11.6 Å². The van der Waals surface area contributed by atoms with Gasteiger partial charge in [-0.05, 0) is 58.6 Å². The molecule has 7 heteroatoms. The van der Waals surface area contributed by atoms with Crippen LogP contribution >= 0.6 is 11.6 Å². The third-order valence-corrected chi connectivity index (χ3v) is 6.86. The molecule has 1 aliphatic heterocycles. The number of fused-ring (bicyclic) bond motifs is 1. The monoisotopic (exact) mass is 425 g/mol. The van der Waals surface area contributed by atoms with E-state index in [2.05, 4.69) is 39.6 Å². The Morgan fingerprint density at radius 3 is 2.80 bits per heavy atom. The van der Waals surface area contributed by atoms with E-state index in [4.69, 9.17) is 16.6 Å². The van der Waals surface area contributed by atoms with Gasteiger partial charge in [0.25, 0.3) is 0 Å². The van der Waals surface area contributed by atoms with Crippen LogP contribution in [0, 0.1) is 6.92 Å². The molecule has 158 valence electrons. The van der Waals surface area contributed by atoms with E-state index < -0.39 is 5.60 Å². The van der Waals surface area contributed by atoms with Crippen LogP contribution < -0.4 is 4.90 Å². The third kappa shape index (κ3) is 3.67. The summed E-state index contributed by atoms with van der Waals surface area (Å²) in [6, 6.07) is 4.81. The van der Waals surface area contributed by atoms with Gasteiger partial charge in [0.05, 0.1) is 34.1 Å². The Morgan fingerprint density at radius 1 is 1.27 bits per heavy atom. The molecular formula is C23H28ClN5O. The van der Waals surface area contributed by atoms with Crippen molar-refractivity contribution in [3.8, 4) is 0 Å². The Labute approximate surface area is 181 Å². The van der Waals surface area contributed by atoms with Crippen molar-refractivity contribution in [1.29, 1.82) is 0 Å². The summed E-state index contributed by atoms with van der Waals surface area (Å²) in [5.41, 5.74) is 3.66. The first kappa shape index (κ1) is 19.8. The van der Waals surface area contributed by atoms with E-state index in [-0.39, 0.29) is 6.04 Å². The summed E-state index contributed by atoms with van der Waals surface area (Å²) in [6.07, 6.45) is 8.39. The highest BCUT2D eigenvalue weighted by Crippen LogP contribution is 2.37. The summed E-state index contributed by atoms with van der Waals surface area (Å²) < 4.78 is 2.14. The number of aliphatic hydroxyl groups is 1. The van der Waals surface area contributed by atoms with Gasteiger partial charge < -0.3 is 10.0 Å². The lowest BCUT2D eigenvalue weighted by Crippen LogP contribution is -2.48. The van der Waals surface area contributed by atoms with E-state index in [0.29, 0.717) is 17.5 Å². The number of anilines is 1. The Hall–Kier alpha value is -2.18. The van der Waals surface area contributed by atoms with Crippen molar-refractivity contribution in [1.82, 2.24) is 19.7 Å². The van der Waals surface area contributed by atoms with Crippen LogP contribution in [0.5, 0.6) is 0 Å². The summed E-state index contributed by atoms with van der Waals surface area (Å²) in [6.45, 7) is 6.96. The van der Waals surface area contributed by atoms with E-state index >= 15 is 0 Å². The Kier molecular flexibility index (Phi) is 4.75. The molecule has 3 heterocycles. The maximum Gasteiger partial charge on any atom is 0.133 e. The topological polar surface area (TPSA) is 67.1 Å². The van der Waals surface area contributed by atoms with E-state index in [1.807, 2.05) is 25.4 Å². The van der Waals surface area contributed by atoms with Crippen LogP contribution in [-0.4, -0.2) is 43.0 Å². The van der Waals surface area contributed by atoms with Crippen LogP contribution in [0.1, 0.15) is 62.7 Å². The third-order valence-electron chi connectivity index (χ3n) is 6.55. The van der Waals surface area contributed by atoms with Gasteiger partial charge >= 0.3 is 0 Å². The van der Waals surface area contributed by atoms with Crippen molar-refractivity contribution in [3.05, 3.63) is 46.6 Å². The summed E-state index contributed by atoms with van der Waals surface area (Å²) >= 11 is 6.63. The molecule has 5 rings (SSSR count). The van der Waals surface area contributed by atoms with Gasteiger partial charge in [0.2, 0.25) is 0 Å². The van der Waals surface area contributed by atoms with Crippen molar-refractivity contribution in [2.24, 2.45) is 0 Å². The summed E-state index contributed by atoms with van der Waals surface area (Å²) in [4.78, 5) is 11.7. The smallest absolute Gasteiger partial charge is 0.133 e. The van der Waals surface area contributed by atoms with Crippen LogP contribution in [-0.2, 0) is 6.42 Å². The van der Waals surface area contributed by atoms with Gasteiger partial charge in [-0.3, -0.25) is 4.68 Å². The average Bonchev–Trinajstić information content (AvgIpc) is 3.46. The summed E-state index contributed by atoms with van der Waals surface area (Å²) in [5.74, 6) is 0.795. The molecule has 1 saturated heterocycles. The molecule has 3 aromatic rings. The lowest BCUT2D eigenvalue weighted by molar-refractivity contribution is 0.0242. The molecular weight excluding hydrogens is 398 g/mol. The van der Waals surface area contributed by atoms with Crippen LogP contribution in [0.25, 0.3) is 10.9 Å². The molecule has 6 nitrogen and oxygen atoms in total. The van der Waals surface area contributed by atoms with Crippen molar-refractivity contribution >= 4 is 28.2 Å². The molecule has 2 atom stereocenters. The number of rotatable bonds is 4. The largest absolute Gasteiger partial charge is 0.390 e. The first-order valence-electron chi connectivity index (χ1n) is 10.8. The highest BCUT2D eigenvalue weighted by atomic mass is 35.5. The van der Waals surface area contributed by atoms with Gasteiger partial charge in [-0.15, -0.1) is 0 Å². The van der Waals surface area contributed by atoms with Crippen molar-refractivity contribution in [2.75, 3.05) is 11.4 Å². The van der Waals surface area contributed by atoms with Gasteiger partial charge in [0.15, 0.2) is 0 Å². The second-order valence-corrected chi connectivity index (χ2v) is 9.66. The highest BCUT2D eigenvalue weighted by Gasteiger charge is 2.33. The van der Waals surface area contributed by atoms with Gasteiger partial charge in [0, 0.05) is 41.8 Å². The number of halogens is 1. The first-order chi connectivity index (χ1) is 14.3. The summed E-state index contributed by atoms with van der Waals surface area (Å²) in [7, 11) is 0. The fourth-order valence-electron chi connectivity index (χ4n) is 4.66. The van der Waals surface area contributed by atoms with Crippen molar-refractivity contribution < 1.29 is 5.11 Å². The van der Waals surface area contributed by atoms with E-state index in [9.17, 15) is 5.11 Å². The minimum Gasteiger partial charge on any atom is -0.390 e. The minimum atomic E-state index is -0.614. The number of nitrogens with zero attached hydrogens (tertiary/aromatic N) is 5. The molecule has 1 aromatic carbocycles. The Bertz CT molecular complexity index is 1100. The second-order valence-electron chi connectivity index (χ2n) is 9.25. The predicted octanol–water partition coefficient (Wildman–Crippen LogP) is 4.45. The maximum absolute atomic E-state index is 10.4. The maximum atomic E-state index is 10.4. The van der Waals surface area contributed by atoms with E-state index in [1.165, 1.54) is 24.1 Å².